The number of nitrogens with one attached hydrogen (secondary N) is 1. The van der Waals surface area contributed by atoms with Crippen molar-refractivity contribution in [3.8, 4) is 0 Å². The minimum Gasteiger partial charge on any atom is -0.308 e. The lowest BCUT2D eigenvalue weighted by molar-refractivity contribution is -0.113. The Hall–Kier alpha value is -1.59. The van der Waals surface area contributed by atoms with Crippen LogP contribution in [-0.2, 0) is 11.3 Å². The zero-order chi connectivity index (χ0) is 13.8. The molecule has 1 heterocycles. The number of benzene rings is 1. The van der Waals surface area contributed by atoms with E-state index in [0.717, 1.165) is 5.56 Å². The molecule has 0 aliphatic rings. The van der Waals surface area contributed by atoms with Crippen molar-refractivity contribution in [1.29, 1.82) is 0 Å². The second-order valence-corrected chi connectivity index (χ2v) is 4.49. The molecule has 0 unspecified atom stereocenters. The second kappa shape index (κ2) is 6.04. The van der Waals surface area contributed by atoms with Crippen molar-refractivity contribution in [1.82, 2.24) is 9.78 Å². The number of rotatable bonds is 4. The van der Waals surface area contributed by atoms with Crippen LogP contribution in [0.25, 0.3) is 0 Å². The van der Waals surface area contributed by atoms with Gasteiger partial charge >= 0.3 is 0 Å². The molecule has 1 aromatic heterocycles. The lowest BCUT2D eigenvalue weighted by Crippen LogP contribution is -2.13. The summed E-state index contributed by atoms with van der Waals surface area (Å²) in [6, 6.07) is 5.82. The van der Waals surface area contributed by atoms with Gasteiger partial charge in [0.2, 0.25) is 5.91 Å². The van der Waals surface area contributed by atoms with E-state index in [1.807, 2.05) is 0 Å². The Balaban J connectivity index is 2.09. The third-order valence-electron chi connectivity index (χ3n) is 2.38. The van der Waals surface area contributed by atoms with Crippen LogP contribution in [0.4, 0.5) is 10.2 Å². The van der Waals surface area contributed by atoms with Crippen LogP contribution < -0.4 is 5.32 Å². The Morgan fingerprint density at radius 3 is 2.89 bits per heavy atom. The molecule has 0 atom stereocenters. The van der Waals surface area contributed by atoms with E-state index in [2.05, 4.69) is 10.4 Å². The minimum atomic E-state index is -0.385. The quantitative estimate of drug-likeness (QED) is 0.883. The fourth-order valence-electron chi connectivity index (χ4n) is 1.52. The molecule has 100 valence electrons. The molecule has 1 amide bonds. The Morgan fingerprint density at radius 1 is 1.42 bits per heavy atom. The zero-order valence-corrected chi connectivity index (χ0v) is 11.2. The van der Waals surface area contributed by atoms with E-state index < -0.39 is 0 Å². The predicted molar refractivity (Wildman–Crippen MR) is 72.1 cm³/mol. The van der Waals surface area contributed by atoms with Crippen molar-refractivity contribution in [2.75, 3.05) is 11.2 Å². The van der Waals surface area contributed by atoms with Crippen molar-refractivity contribution < 1.29 is 9.18 Å². The van der Waals surface area contributed by atoms with Crippen molar-refractivity contribution in [3.05, 3.63) is 46.9 Å². The van der Waals surface area contributed by atoms with Gasteiger partial charge in [0.1, 0.15) is 11.7 Å². The number of anilines is 1. The average Bonchev–Trinajstić information content (AvgIpc) is 2.80. The van der Waals surface area contributed by atoms with E-state index in [1.54, 1.807) is 23.0 Å². The molecule has 0 saturated carbocycles. The standard InChI is InChI=1S/C12H10Cl2FN3O/c13-6-12(19)16-11-3-4-18(17-11)7-8-1-2-9(15)5-10(8)14/h1-5H,6-7H2,(H,16,17,19). The third-order valence-corrected chi connectivity index (χ3v) is 2.97. The van der Waals surface area contributed by atoms with E-state index >= 15 is 0 Å². The number of hydrogen-bond acceptors (Lipinski definition) is 2. The smallest absolute Gasteiger partial charge is 0.240 e. The summed E-state index contributed by atoms with van der Waals surface area (Å²) in [7, 11) is 0. The molecule has 4 nitrogen and oxygen atoms in total. The van der Waals surface area contributed by atoms with Gasteiger partial charge in [0.15, 0.2) is 5.82 Å². The maximum Gasteiger partial charge on any atom is 0.240 e. The van der Waals surface area contributed by atoms with Crippen molar-refractivity contribution >= 4 is 34.9 Å². The number of alkyl halides is 1. The van der Waals surface area contributed by atoms with Crippen LogP contribution >= 0.6 is 23.2 Å². The van der Waals surface area contributed by atoms with Gasteiger partial charge in [-0.25, -0.2) is 4.39 Å². The summed E-state index contributed by atoms with van der Waals surface area (Å²) < 4.78 is 14.5. The monoisotopic (exact) mass is 301 g/mol. The predicted octanol–water partition coefficient (Wildman–Crippen LogP) is 2.90. The van der Waals surface area contributed by atoms with Gasteiger partial charge in [-0.1, -0.05) is 17.7 Å². The number of halogens is 3. The molecule has 1 N–H and O–H groups in total. The SMILES string of the molecule is O=C(CCl)Nc1ccn(Cc2ccc(F)cc2Cl)n1. The zero-order valence-electron chi connectivity index (χ0n) is 9.74. The number of carbonyl (C=O) groups excluding carboxylic acids is 1. The topological polar surface area (TPSA) is 46.9 Å². The number of nitrogens with zero attached hydrogens (tertiary/aromatic N) is 2. The fourth-order valence-corrected chi connectivity index (χ4v) is 1.81. The normalized spacial score (nSPS) is 10.5. The highest BCUT2D eigenvalue weighted by Gasteiger charge is 2.06. The van der Waals surface area contributed by atoms with Crippen LogP contribution in [0.2, 0.25) is 5.02 Å². The highest BCUT2D eigenvalue weighted by atomic mass is 35.5. The lowest BCUT2D eigenvalue weighted by atomic mass is 10.2. The molecule has 2 aromatic rings. The molecule has 2 rings (SSSR count). The summed E-state index contributed by atoms with van der Waals surface area (Å²) >= 11 is 11.3. The van der Waals surface area contributed by atoms with Gasteiger partial charge in [0.05, 0.1) is 6.54 Å². The van der Waals surface area contributed by atoms with Crippen molar-refractivity contribution in [2.24, 2.45) is 0 Å². The average molecular weight is 302 g/mol. The molecule has 0 saturated heterocycles. The first kappa shape index (κ1) is 13.8. The van der Waals surface area contributed by atoms with Crippen LogP contribution in [0, 0.1) is 5.82 Å². The Bertz CT molecular complexity index is 600. The summed E-state index contributed by atoms with van der Waals surface area (Å²) in [5.74, 6) is -0.434. The molecule has 0 aliphatic heterocycles. The first-order valence-corrected chi connectivity index (χ1v) is 6.33. The molecule has 0 aliphatic carbocycles. The van der Waals surface area contributed by atoms with Crippen molar-refractivity contribution in [2.45, 2.75) is 6.54 Å². The highest BCUT2D eigenvalue weighted by Crippen LogP contribution is 2.18. The Labute approximate surface area is 119 Å². The van der Waals surface area contributed by atoms with Crippen LogP contribution in [-0.4, -0.2) is 21.6 Å². The summed E-state index contributed by atoms with van der Waals surface area (Å²) in [4.78, 5) is 11.1. The largest absolute Gasteiger partial charge is 0.308 e. The molecule has 1 aromatic carbocycles. The van der Waals surface area contributed by atoms with Gasteiger partial charge < -0.3 is 5.32 Å². The maximum absolute atomic E-state index is 12.9. The first-order chi connectivity index (χ1) is 9.08. The molecule has 0 bridgehead atoms. The van der Waals surface area contributed by atoms with E-state index in [4.69, 9.17) is 23.2 Å². The third kappa shape index (κ3) is 3.68. The molecule has 0 radical (unpaired) electrons. The first-order valence-electron chi connectivity index (χ1n) is 5.41. The van der Waals surface area contributed by atoms with Gasteiger partial charge in [0, 0.05) is 17.3 Å². The number of aromatic nitrogens is 2. The minimum absolute atomic E-state index is 0.128. The Morgan fingerprint density at radius 2 is 2.21 bits per heavy atom. The highest BCUT2D eigenvalue weighted by molar-refractivity contribution is 6.31. The van der Waals surface area contributed by atoms with E-state index in [1.165, 1.54) is 12.1 Å². The van der Waals surface area contributed by atoms with Gasteiger partial charge in [-0.3, -0.25) is 9.48 Å². The van der Waals surface area contributed by atoms with Gasteiger partial charge in [0.25, 0.3) is 0 Å². The van der Waals surface area contributed by atoms with E-state index in [-0.39, 0.29) is 17.6 Å². The summed E-state index contributed by atoms with van der Waals surface area (Å²) in [6.07, 6.45) is 1.68. The number of carbonyl (C=O) groups is 1. The molecular weight excluding hydrogens is 292 g/mol. The fraction of sp³-hybridized carbons (Fsp3) is 0.167. The van der Waals surface area contributed by atoms with Gasteiger partial charge in [-0.2, -0.15) is 5.10 Å². The second-order valence-electron chi connectivity index (χ2n) is 3.82. The molecule has 7 heteroatoms. The van der Waals surface area contributed by atoms with Crippen LogP contribution in [0.3, 0.4) is 0 Å². The number of amides is 1. The summed E-state index contributed by atoms with van der Waals surface area (Å²) in [5.41, 5.74) is 0.737. The van der Waals surface area contributed by atoms with E-state index in [0.29, 0.717) is 17.4 Å². The van der Waals surface area contributed by atoms with Crippen molar-refractivity contribution in [3.63, 3.8) is 0 Å². The van der Waals surface area contributed by atoms with Gasteiger partial charge in [-0.05, 0) is 17.7 Å². The lowest BCUT2D eigenvalue weighted by Gasteiger charge is -2.04. The van der Waals surface area contributed by atoms with Crippen LogP contribution in [0.5, 0.6) is 0 Å². The summed E-state index contributed by atoms with van der Waals surface area (Å²) in [5, 5.41) is 6.99. The number of hydrogen-bond donors (Lipinski definition) is 1. The summed E-state index contributed by atoms with van der Waals surface area (Å²) in [6.45, 7) is 0.385. The van der Waals surface area contributed by atoms with Crippen LogP contribution in [0.1, 0.15) is 5.56 Å². The van der Waals surface area contributed by atoms with Gasteiger partial charge in [-0.15, -0.1) is 11.6 Å². The Kier molecular flexibility index (Phi) is 4.39. The molecule has 0 fully saturated rings. The van der Waals surface area contributed by atoms with E-state index in [9.17, 15) is 9.18 Å². The molecule has 0 spiro atoms. The molecule has 19 heavy (non-hydrogen) atoms. The maximum atomic E-state index is 12.9. The molecular formula is C12H10Cl2FN3O. The van der Waals surface area contributed by atoms with Crippen LogP contribution in [0.15, 0.2) is 30.5 Å².